The van der Waals surface area contributed by atoms with E-state index in [-0.39, 0.29) is 17.9 Å². The van der Waals surface area contributed by atoms with Gasteiger partial charge in [-0.25, -0.2) is 0 Å². The van der Waals surface area contributed by atoms with E-state index in [2.05, 4.69) is 5.32 Å². The standard InChI is InChI=1S/C10H19N3O2/c1-3-4-7(11)9(14)12-8-5-6-13(2)10(8)15/h7-8H,3-6,11H2,1-2H3,(H,12,14)/t7-,8?/m1/s1. The summed E-state index contributed by atoms with van der Waals surface area (Å²) in [6.07, 6.45) is 2.20. The topological polar surface area (TPSA) is 75.4 Å². The average Bonchev–Trinajstić information content (AvgIpc) is 2.50. The van der Waals surface area contributed by atoms with Crippen LogP contribution in [0, 0.1) is 0 Å². The van der Waals surface area contributed by atoms with Crippen molar-refractivity contribution in [3.05, 3.63) is 0 Å². The summed E-state index contributed by atoms with van der Waals surface area (Å²) >= 11 is 0. The van der Waals surface area contributed by atoms with Gasteiger partial charge in [0.05, 0.1) is 6.04 Å². The van der Waals surface area contributed by atoms with Gasteiger partial charge in [-0.05, 0) is 12.8 Å². The Bertz CT molecular complexity index is 255. The Morgan fingerprint density at radius 2 is 2.40 bits per heavy atom. The van der Waals surface area contributed by atoms with Crippen LogP contribution >= 0.6 is 0 Å². The van der Waals surface area contributed by atoms with Crippen molar-refractivity contribution in [3.8, 4) is 0 Å². The molecule has 0 bridgehead atoms. The number of nitrogens with two attached hydrogens (primary N) is 1. The number of hydrogen-bond donors (Lipinski definition) is 2. The summed E-state index contributed by atoms with van der Waals surface area (Å²) in [7, 11) is 1.74. The highest BCUT2D eigenvalue weighted by Gasteiger charge is 2.31. The van der Waals surface area contributed by atoms with Gasteiger partial charge in [0.2, 0.25) is 11.8 Å². The van der Waals surface area contributed by atoms with Gasteiger partial charge in [-0.1, -0.05) is 13.3 Å². The second kappa shape index (κ2) is 5.11. The summed E-state index contributed by atoms with van der Waals surface area (Å²) in [5, 5.41) is 2.69. The van der Waals surface area contributed by atoms with Crippen LogP contribution in [0.25, 0.3) is 0 Å². The van der Waals surface area contributed by atoms with Crippen LogP contribution in [0.1, 0.15) is 26.2 Å². The van der Waals surface area contributed by atoms with Crippen LogP contribution < -0.4 is 11.1 Å². The zero-order valence-electron chi connectivity index (χ0n) is 9.32. The molecule has 1 saturated heterocycles. The van der Waals surface area contributed by atoms with Gasteiger partial charge in [-0.2, -0.15) is 0 Å². The van der Waals surface area contributed by atoms with Crippen molar-refractivity contribution >= 4 is 11.8 Å². The molecular formula is C10H19N3O2. The van der Waals surface area contributed by atoms with Crippen LogP contribution in [0.2, 0.25) is 0 Å². The highest BCUT2D eigenvalue weighted by Crippen LogP contribution is 2.08. The molecule has 2 amide bonds. The van der Waals surface area contributed by atoms with Crippen molar-refractivity contribution in [2.45, 2.75) is 38.3 Å². The highest BCUT2D eigenvalue weighted by molar-refractivity contribution is 5.90. The van der Waals surface area contributed by atoms with E-state index in [0.29, 0.717) is 19.4 Å². The molecule has 0 aromatic carbocycles. The Balaban J connectivity index is 2.42. The van der Waals surface area contributed by atoms with Crippen molar-refractivity contribution in [1.29, 1.82) is 0 Å². The minimum atomic E-state index is -0.492. The predicted octanol–water partition coefficient (Wildman–Crippen LogP) is -0.539. The maximum absolute atomic E-state index is 11.5. The highest BCUT2D eigenvalue weighted by atomic mass is 16.2. The van der Waals surface area contributed by atoms with Gasteiger partial charge in [0.1, 0.15) is 6.04 Å². The summed E-state index contributed by atoms with van der Waals surface area (Å²) in [5.41, 5.74) is 5.65. The summed E-state index contributed by atoms with van der Waals surface area (Å²) in [6.45, 7) is 2.68. The number of nitrogens with one attached hydrogen (secondary N) is 1. The molecule has 1 rings (SSSR count). The SMILES string of the molecule is CCC[C@@H](N)C(=O)NC1CCN(C)C1=O. The van der Waals surface area contributed by atoms with Gasteiger partial charge >= 0.3 is 0 Å². The van der Waals surface area contributed by atoms with E-state index in [1.165, 1.54) is 0 Å². The molecule has 15 heavy (non-hydrogen) atoms. The number of carbonyl (C=O) groups excluding carboxylic acids is 2. The molecule has 0 aromatic heterocycles. The van der Waals surface area contributed by atoms with Crippen LogP contribution in [-0.4, -0.2) is 42.4 Å². The van der Waals surface area contributed by atoms with E-state index in [9.17, 15) is 9.59 Å². The monoisotopic (exact) mass is 213 g/mol. The largest absolute Gasteiger partial charge is 0.344 e. The molecule has 1 aliphatic heterocycles. The van der Waals surface area contributed by atoms with Crippen LogP contribution in [0.3, 0.4) is 0 Å². The first kappa shape index (κ1) is 12.0. The quantitative estimate of drug-likeness (QED) is 0.658. The average molecular weight is 213 g/mol. The Morgan fingerprint density at radius 3 is 2.87 bits per heavy atom. The number of amides is 2. The van der Waals surface area contributed by atoms with Gasteiger partial charge in [0.25, 0.3) is 0 Å². The summed E-state index contributed by atoms with van der Waals surface area (Å²) in [6, 6.07) is -0.862. The molecule has 1 unspecified atom stereocenters. The van der Waals surface area contributed by atoms with Crippen molar-refractivity contribution < 1.29 is 9.59 Å². The maximum atomic E-state index is 11.5. The first-order valence-electron chi connectivity index (χ1n) is 5.37. The van der Waals surface area contributed by atoms with Crippen molar-refractivity contribution in [2.75, 3.05) is 13.6 Å². The third-order valence-corrected chi connectivity index (χ3v) is 2.68. The molecule has 0 spiro atoms. The predicted molar refractivity (Wildman–Crippen MR) is 57.1 cm³/mol. The van der Waals surface area contributed by atoms with Gasteiger partial charge in [0.15, 0.2) is 0 Å². The van der Waals surface area contributed by atoms with Gasteiger partial charge in [0, 0.05) is 13.6 Å². The van der Waals surface area contributed by atoms with E-state index in [1.807, 2.05) is 6.92 Å². The van der Waals surface area contributed by atoms with Crippen molar-refractivity contribution in [3.63, 3.8) is 0 Å². The smallest absolute Gasteiger partial charge is 0.244 e. The number of likely N-dealkylation sites (tertiary alicyclic amines) is 1. The van der Waals surface area contributed by atoms with E-state index >= 15 is 0 Å². The van der Waals surface area contributed by atoms with E-state index < -0.39 is 6.04 Å². The maximum Gasteiger partial charge on any atom is 0.244 e. The normalized spacial score (nSPS) is 23.0. The molecule has 5 nitrogen and oxygen atoms in total. The first-order valence-corrected chi connectivity index (χ1v) is 5.37. The fourth-order valence-corrected chi connectivity index (χ4v) is 1.68. The Labute approximate surface area is 90.0 Å². The molecule has 0 saturated carbocycles. The van der Waals surface area contributed by atoms with Gasteiger partial charge in [-0.15, -0.1) is 0 Å². The third kappa shape index (κ3) is 2.92. The zero-order valence-corrected chi connectivity index (χ0v) is 9.32. The molecule has 86 valence electrons. The minimum absolute atomic E-state index is 0.0213. The second-order valence-corrected chi connectivity index (χ2v) is 4.00. The molecule has 1 aliphatic rings. The van der Waals surface area contributed by atoms with Gasteiger partial charge in [-0.3, -0.25) is 9.59 Å². The van der Waals surface area contributed by atoms with E-state index in [1.54, 1.807) is 11.9 Å². The van der Waals surface area contributed by atoms with Crippen LogP contribution in [0.5, 0.6) is 0 Å². The molecule has 3 N–H and O–H groups in total. The molecule has 2 atom stereocenters. The minimum Gasteiger partial charge on any atom is -0.344 e. The second-order valence-electron chi connectivity index (χ2n) is 4.00. The lowest BCUT2D eigenvalue weighted by Gasteiger charge is -2.15. The third-order valence-electron chi connectivity index (χ3n) is 2.68. The van der Waals surface area contributed by atoms with E-state index in [0.717, 1.165) is 6.42 Å². The number of carbonyl (C=O) groups is 2. The summed E-state index contributed by atoms with van der Waals surface area (Å²) in [4.78, 5) is 24.6. The summed E-state index contributed by atoms with van der Waals surface area (Å²) < 4.78 is 0. The van der Waals surface area contributed by atoms with Crippen molar-refractivity contribution in [1.82, 2.24) is 10.2 Å². The zero-order chi connectivity index (χ0) is 11.4. The Kier molecular flexibility index (Phi) is 4.08. The first-order chi connectivity index (χ1) is 7.06. The lowest BCUT2D eigenvalue weighted by Crippen LogP contribution is -2.47. The number of rotatable bonds is 4. The molecule has 0 aromatic rings. The number of likely N-dealkylation sites (N-methyl/N-ethyl adjacent to an activating group) is 1. The molecule has 1 heterocycles. The van der Waals surface area contributed by atoms with Crippen LogP contribution in [0.15, 0.2) is 0 Å². The molecule has 0 radical (unpaired) electrons. The fraction of sp³-hybridized carbons (Fsp3) is 0.800. The number of hydrogen-bond acceptors (Lipinski definition) is 3. The molecular weight excluding hydrogens is 194 g/mol. The lowest BCUT2D eigenvalue weighted by molar-refractivity contribution is -0.132. The Morgan fingerprint density at radius 1 is 1.73 bits per heavy atom. The van der Waals surface area contributed by atoms with E-state index in [4.69, 9.17) is 5.73 Å². The van der Waals surface area contributed by atoms with Crippen LogP contribution in [0.4, 0.5) is 0 Å². The molecule has 1 fully saturated rings. The van der Waals surface area contributed by atoms with Gasteiger partial charge < -0.3 is 16.0 Å². The molecule has 0 aliphatic carbocycles. The number of nitrogens with zero attached hydrogens (tertiary/aromatic N) is 1. The fourth-order valence-electron chi connectivity index (χ4n) is 1.68. The molecule has 5 heteroatoms. The Hall–Kier alpha value is -1.10. The lowest BCUT2D eigenvalue weighted by atomic mass is 10.1. The van der Waals surface area contributed by atoms with Crippen molar-refractivity contribution in [2.24, 2.45) is 5.73 Å². The van der Waals surface area contributed by atoms with Crippen LogP contribution in [-0.2, 0) is 9.59 Å². The summed E-state index contributed by atoms with van der Waals surface area (Å²) in [5.74, 6) is -0.238.